The van der Waals surface area contributed by atoms with Gasteiger partial charge in [-0.25, -0.2) is 0 Å². The molecule has 1 fully saturated rings. The number of rotatable bonds is 4. The molecule has 1 aliphatic carbocycles. The molecule has 3 aliphatic rings. The molecule has 1 N–H and O–H groups in total. The van der Waals surface area contributed by atoms with E-state index in [4.69, 9.17) is 0 Å². The monoisotopic (exact) mass is 446 g/mol. The number of hydrogen-bond acceptors (Lipinski definition) is 4. The van der Waals surface area contributed by atoms with Crippen molar-refractivity contribution in [2.24, 2.45) is 11.8 Å². The normalized spacial score (nSPS) is 24.4. The molecule has 7 heteroatoms. The largest absolute Gasteiger partial charge is 0.481 e. The Labute approximate surface area is 192 Å². The van der Waals surface area contributed by atoms with Crippen LogP contribution in [-0.2, 0) is 16.0 Å². The van der Waals surface area contributed by atoms with Gasteiger partial charge in [0, 0.05) is 6.54 Å². The first-order valence-corrected chi connectivity index (χ1v) is 11.5. The molecule has 1 saturated carbocycles. The van der Waals surface area contributed by atoms with Gasteiger partial charge in [-0.15, -0.1) is 0 Å². The van der Waals surface area contributed by atoms with Crippen molar-refractivity contribution < 1.29 is 24.3 Å². The first kappa shape index (κ1) is 21.4. The number of amides is 3. The molecule has 0 saturated heterocycles. The molecule has 0 radical (unpaired) electrons. The second kappa shape index (κ2) is 8.46. The average molecular weight is 447 g/mol. The van der Waals surface area contributed by atoms with Crippen LogP contribution < -0.4 is 0 Å². The minimum Gasteiger partial charge on any atom is -0.481 e. The van der Waals surface area contributed by atoms with Gasteiger partial charge in [0.1, 0.15) is 0 Å². The molecule has 33 heavy (non-hydrogen) atoms. The number of carboxylic acids is 1. The van der Waals surface area contributed by atoms with Crippen LogP contribution in [-0.4, -0.2) is 51.7 Å². The van der Waals surface area contributed by atoms with E-state index in [0.29, 0.717) is 36.9 Å². The van der Waals surface area contributed by atoms with Gasteiger partial charge >= 0.3 is 5.97 Å². The van der Waals surface area contributed by atoms with Gasteiger partial charge in [0.15, 0.2) is 0 Å². The molecule has 2 aromatic carbocycles. The average Bonchev–Trinajstić information content (AvgIpc) is 3.08. The summed E-state index contributed by atoms with van der Waals surface area (Å²) in [4.78, 5) is 54.6. The standard InChI is InChI=1S/C26H26N2O5/c29-23(20-11-5-6-12-21(20)26(32)33)27-14-13-16-7-1-2-8-17(16)22(27)15-28-24(30)18-9-3-4-10-19(18)25(28)31/h1-4,7-10,20-22H,5-6,11-15H2,(H,32,33)/t20-,21+,22?/m0/s1. The number of carbonyl (C=O) groups is 4. The van der Waals surface area contributed by atoms with Crippen molar-refractivity contribution in [3.8, 4) is 0 Å². The number of imide groups is 1. The van der Waals surface area contributed by atoms with Crippen molar-refractivity contribution in [1.82, 2.24) is 9.80 Å². The lowest BCUT2D eigenvalue weighted by Crippen LogP contribution is -2.50. The number of carboxylic acid groups (broad SMARTS) is 1. The smallest absolute Gasteiger partial charge is 0.307 e. The molecule has 2 aliphatic heterocycles. The van der Waals surface area contributed by atoms with Crippen LogP contribution in [0.2, 0.25) is 0 Å². The van der Waals surface area contributed by atoms with Crippen LogP contribution in [0, 0.1) is 11.8 Å². The molecule has 2 heterocycles. The number of benzene rings is 2. The summed E-state index contributed by atoms with van der Waals surface area (Å²) in [5.74, 6) is -3.09. The summed E-state index contributed by atoms with van der Waals surface area (Å²) < 4.78 is 0. The minimum absolute atomic E-state index is 0.0551. The number of aliphatic carboxylic acids is 1. The summed E-state index contributed by atoms with van der Waals surface area (Å²) in [7, 11) is 0. The highest BCUT2D eigenvalue weighted by Crippen LogP contribution is 2.38. The Morgan fingerprint density at radius 2 is 1.48 bits per heavy atom. The van der Waals surface area contributed by atoms with Crippen LogP contribution in [0.25, 0.3) is 0 Å². The first-order chi connectivity index (χ1) is 16.0. The third-order valence-corrected chi connectivity index (χ3v) is 7.33. The fraction of sp³-hybridized carbons (Fsp3) is 0.385. The van der Waals surface area contributed by atoms with E-state index >= 15 is 0 Å². The molecule has 0 aromatic heterocycles. The topological polar surface area (TPSA) is 95.0 Å². The predicted octanol–water partition coefficient (Wildman–Crippen LogP) is 3.30. The Balaban J connectivity index is 1.48. The molecule has 0 spiro atoms. The lowest BCUT2D eigenvalue weighted by atomic mass is 9.77. The van der Waals surface area contributed by atoms with E-state index in [9.17, 15) is 24.3 Å². The van der Waals surface area contributed by atoms with E-state index < -0.39 is 23.8 Å². The number of hydrogen-bond donors (Lipinski definition) is 1. The quantitative estimate of drug-likeness (QED) is 0.727. The maximum atomic E-state index is 13.7. The van der Waals surface area contributed by atoms with E-state index in [1.807, 2.05) is 24.3 Å². The SMILES string of the molecule is O=C(O)[C@@H]1CCCC[C@@H]1C(=O)N1CCc2ccccc2C1CN1C(=O)c2ccccc2C1=O. The van der Waals surface area contributed by atoms with Gasteiger partial charge in [-0.2, -0.15) is 0 Å². The van der Waals surface area contributed by atoms with Crippen molar-refractivity contribution >= 4 is 23.7 Å². The van der Waals surface area contributed by atoms with Gasteiger partial charge in [0.2, 0.25) is 5.91 Å². The number of nitrogens with zero attached hydrogens (tertiary/aromatic N) is 2. The fourth-order valence-electron chi connectivity index (χ4n) is 5.63. The molecular formula is C26H26N2O5. The van der Waals surface area contributed by atoms with Crippen molar-refractivity contribution in [1.29, 1.82) is 0 Å². The molecule has 2 aromatic rings. The Bertz CT molecular complexity index is 1110. The van der Waals surface area contributed by atoms with Crippen LogP contribution in [0.4, 0.5) is 0 Å². The number of carbonyl (C=O) groups excluding carboxylic acids is 3. The van der Waals surface area contributed by atoms with Gasteiger partial charge in [0.25, 0.3) is 11.8 Å². The van der Waals surface area contributed by atoms with Crippen LogP contribution in [0.1, 0.15) is 63.6 Å². The van der Waals surface area contributed by atoms with Crippen molar-refractivity contribution in [3.05, 3.63) is 70.8 Å². The highest BCUT2D eigenvalue weighted by Gasteiger charge is 2.44. The van der Waals surface area contributed by atoms with Crippen molar-refractivity contribution in [2.75, 3.05) is 13.1 Å². The minimum atomic E-state index is -0.928. The Kier molecular flexibility index (Phi) is 5.48. The van der Waals surface area contributed by atoms with E-state index in [0.717, 1.165) is 24.0 Å². The molecular weight excluding hydrogens is 420 g/mol. The summed E-state index contributed by atoms with van der Waals surface area (Å²) in [6.07, 6.45) is 3.34. The summed E-state index contributed by atoms with van der Waals surface area (Å²) in [6.45, 7) is 0.492. The van der Waals surface area contributed by atoms with E-state index in [-0.39, 0.29) is 24.3 Å². The Morgan fingerprint density at radius 3 is 2.15 bits per heavy atom. The Morgan fingerprint density at radius 1 is 0.879 bits per heavy atom. The molecule has 170 valence electrons. The predicted molar refractivity (Wildman–Crippen MR) is 119 cm³/mol. The zero-order valence-electron chi connectivity index (χ0n) is 18.3. The van der Waals surface area contributed by atoms with E-state index in [2.05, 4.69) is 0 Å². The van der Waals surface area contributed by atoms with Gasteiger partial charge in [-0.1, -0.05) is 49.2 Å². The van der Waals surface area contributed by atoms with Crippen LogP contribution in [0.15, 0.2) is 48.5 Å². The van der Waals surface area contributed by atoms with Gasteiger partial charge < -0.3 is 10.0 Å². The molecule has 3 amide bonds. The van der Waals surface area contributed by atoms with Crippen molar-refractivity contribution in [3.63, 3.8) is 0 Å². The third kappa shape index (κ3) is 3.61. The van der Waals surface area contributed by atoms with Crippen LogP contribution in [0.5, 0.6) is 0 Å². The highest BCUT2D eigenvalue weighted by molar-refractivity contribution is 6.21. The summed E-state index contributed by atoms with van der Waals surface area (Å²) in [5, 5.41) is 9.71. The maximum absolute atomic E-state index is 13.7. The van der Waals surface area contributed by atoms with Crippen LogP contribution >= 0.6 is 0 Å². The molecule has 1 unspecified atom stereocenters. The zero-order valence-corrected chi connectivity index (χ0v) is 18.3. The fourth-order valence-corrected chi connectivity index (χ4v) is 5.63. The second-order valence-corrected chi connectivity index (χ2v) is 9.10. The highest BCUT2D eigenvalue weighted by atomic mass is 16.4. The van der Waals surface area contributed by atoms with Crippen LogP contribution in [0.3, 0.4) is 0 Å². The zero-order chi connectivity index (χ0) is 23.1. The summed E-state index contributed by atoms with van der Waals surface area (Å²) in [6, 6.07) is 14.0. The van der Waals surface area contributed by atoms with E-state index in [1.165, 1.54) is 4.90 Å². The maximum Gasteiger partial charge on any atom is 0.307 e. The molecule has 3 atom stereocenters. The lowest BCUT2D eigenvalue weighted by molar-refractivity contribution is -0.153. The Hall–Kier alpha value is -3.48. The summed E-state index contributed by atoms with van der Waals surface area (Å²) >= 11 is 0. The van der Waals surface area contributed by atoms with Gasteiger partial charge in [-0.3, -0.25) is 24.1 Å². The van der Waals surface area contributed by atoms with Gasteiger partial charge in [0.05, 0.1) is 35.5 Å². The molecule has 0 bridgehead atoms. The van der Waals surface area contributed by atoms with Crippen molar-refractivity contribution in [2.45, 2.75) is 38.1 Å². The summed E-state index contributed by atoms with van der Waals surface area (Å²) in [5.41, 5.74) is 2.75. The lowest BCUT2D eigenvalue weighted by Gasteiger charge is -2.42. The third-order valence-electron chi connectivity index (χ3n) is 7.33. The first-order valence-electron chi connectivity index (χ1n) is 11.5. The second-order valence-electron chi connectivity index (χ2n) is 9.10. The van der Waals surface area contributed by atoms with E-state index in [1.54, 1.807) is 29.2 Å². The number of fused-ring (bicyclic) bond motifs is 2. The van der Waals surface area contributed by atoms with Gasteiger partial charge in [-0.05, 0) is 42.5 Å². The molecule has 5 rings (SSSR count). The molecule has 7 nitrogen and oxygen atoms in total.